The van der Waals surface area contributed by atoms with Crippen LogP contribution in [0.1, 0.15) is 136 Å². The maximum atomic E-state index is 11.8. The van der Waals surface area contributed by atoms with Gasteiger partial charge in [-0.25, -0.2) is 14.8 Å². The zero-order chi connectivity index (χ0) is 59.2. The quantitative estimate of drug-likeness (QED) is 0.0388. The maximum Gasteiger partial charge on any atom is 0.337 e. The van der Waals surface area contributed by atoms with E-state index in [9.17, 15) is 4.79 Å². The van der Waals surface area contributed by atoms with Gasteiger partial charge in [0.25, 0.3) is 0 Å². The number of anilines is 1. The van der Waals surface area contributed by atoms with Gasteiger partial charge >= 0.3 is 5.97 Å². The van der Waals surface area contributed by atoms with Crippen LogP contribution >= 0.6 is 23.2 Å². The molecule has 3 heterocycles. The lowest BCUT2D eigenvalue weighted by molar-refractivity contribution is -0.286. The molecule has 10 atom stereocenters. The van der Waals surface area contributed by atoms with Crippen LogP contribution in [0.25, 0.3) is 0 Å². The van der Waals surface area contributed by atoms with Crippen molar-refractivity contribution in [3.05, 3.63) is 120 Å². The van der Waals surface area contributed by atoms with Crippen molar-refractivity contribution >= 4 is 40.9 Å². The average Bonchev–Trinajstić information content (AvgIpc) is 3.52. The molecular formula is C63H94Cl2N4O11. The third kappa shape index (κ3) is 27.1. The fraction of sp³-hybridized carbons (Fsp3) is 0.571. The Labute approximate surface area is 490 Å². The monoisotopic (exact) mass is 1150 g/mol. The second-order valence-corrected chi connectivity index (χ2v) is 20.7. The molecule has 2 aliphatic carbocycles. The number of esters is 1. The molecule has 6 unspecified atom stereocenters. The van der Waals surface area contributed by atoms with Gasteiger partial charge < -0.3 is 54.1 Å². The number of alkyl halides is 2. The van der Waals surface area contributed by atoms with E-state index in [0.717, 1.165) is 29.4 Å². The Balaban J connectivity index is 0.000000517. The first-order valence-electron chi connectivity index (χ1n) is 27.9. The second kappa shape index (κ2) is 42.7. The Morgan fingerprint density at radius 1 is 0.725 bits per heavy atom. The minimum atomic E-state index is -1.57. The van der Waals surface area contributed by atoms with E-state index in [2.05, 4.69) is 66.8 Å². The third-order valence-corrected chi connectivity index (χ3v) is 14.3. The normalized spacial score (nSPS) is 24.1. The summed E-state index contributed by atoms with van der Waals surface area (Å²) in [6.07, 6.45) is 17.6. The molecule has 5 N–H and O–H groups in total. The fourth-order valence-electron chi connectivity index (χ4n) is 9.03. The second-order valence-electron chi connectivity index (χ2n) is 19.9. The van der Waals surface area contributed by atoms with Gasteiger partial charge in [-0.3, -0.25) is 4.98 Å². The molecule has 2 saturated heterocycles. The van der Waals surface area contributed by atoms with Gasteiger partial charge in [0.05, 0.1) is 54.9 Å². The number of benzene rings is 3. The lowest BCUT2D eigenvalue weighted by atomic mass is 9.76. The van der Waals surface area contributed by atoms with Gasteiger partial charge in [-0.2, -0.15) is 0 Å². The van der Waals surface area contributed by atoms with Crippen molar-refractivity contribution in [3.8, 4) is 24.3 Å². The summed E-state index contributed by atoms with van der Waals surface area (Å²) in [6.45, 7) is 11.7. The van der Waals surface area contributed by atoms with E-state index >= 15 is 0 Å². The largest absolute Gasteiger partial charge is 0.485 e. The summed E-state index contributed by atoms with van der Waals surface area (Å²) < 4.78 is 32.8. The molecule has 80 heavy (non-hydrogen) atoms. The first kappa shape index (κ1) is 71.0. The standard InChI is InChI=1S/C22H20O4.C13H22N2.C11H22O.C7H10N2.C6H12O6.C2H2.CH2Cl2.CH4/c1-24-22(23)19-12-13-20(25-15-17-8-4-2-5-9-17)21(14-19)26-16-18-10-6-3-7-11-18;1-3-7-12(8-4-1)14-11-15-13-9-5-2-6-10-13;1-6-11-9(4)7(2)8(3)10(5)12-11;1-9(2)7-3-5-8-6-4-7;7-1-2-3(8)4(9)5(10)6(11)12-2;1-2;2-1-3;/h2-14H,15-16H2,1H3;12-13H,1-10H2;7-11H,6H2,1-5H3;3-6H,1-2H3;2-11H,1H2;1-2H;1H2;1H4/t;;7-,8?,9+,10?,11?;;2?,3-,4+,5?,6?;;;/m..1.1.../s1/i;;;;;1D;;. The van der Waals surface area contributed by atoms with Crippen molar-refractivity contribution in [3.63, 3.8) is 0 Å². The first-order chi connectivity index (χ1) is 38.5. The van der Waals surface area contributed by atoms with E-state index in [-0.39, 0.29) is 12.8 Å². The molecule has 17 heteroatoms. The highest BCUT2D eigenvalue weighted by Crippen LogP contribution is 2.36. The number of aliphatic hydroxyl groups excluding tert-OH is 5. The molecule has 8 rings (SSSR count). The minimum absolute atomic E-state index is 0. The number of halogens is 2. The Kier molecular flexibility index (Phi) is 37.9. The first-order valence-corrected chi connectivity index (χ1v) is 28.5. The van der Waals surface area contributed by atoms with Gasteiger partial charge in [0.1, 0.15) is 39.0 Å². The van der Waals surface area contributed by atoms with Crippen LogP contribution in [0, 0.1) is 30.6 Å². The van der Waals surface area contributed by atoms with Gasteiger partial charge in [0.15, 0.2) is 17.8 Å². The van der Waals surface area contributed by atoms with Gasteiger partial charge in [0, 0.05) is 32.2 Å². The van der Waals surface area contributed by atoms with E-state index in [0.29, 0.717) is 60.5 Å². The molecule has 0 bridgehead atoms. The number of aliphatic imine (C=N–C) groups is 2. The zero-order valence-electron chi connectivity index (χ0n) is 48.7. The highest BCUT2D eigenvalue weighted by molar-refractivity contribution is 6.40. The molecule has 4 aliphatic rings. The number of aromatic nitrogens is 1. The number of methoxy groups -OCH3 is 1. The Morgan fingerprint density at radius 2 is 1.21 bits per heavy atom. The molecule has 1 aromatic heterocycles. The minimum Gasteiger partial charge on any atom is -0.485 e. The zero-order valence-corrected chi connectivity index (χ0v) is 49.2. The van der Waals surface area contributed by atoms with Crippen molar-refractivity contribution in [2.45, 2.75) is 181 Å². The number of aliphatic hydroxyl groups is 5. The number of hydrogen-bond acceptors (Lipinski definition) is 15. The topological polar surface area (TPSA) is 205 Å². The number of pyridine rings is 1. The van der Waals surface area contributed by atoms with Crippen molar-refractivity contribution in [1.82, 2.24) is 4.98 Å². The summed E-state index contributed by atoms with van der Waals surface area (Å²) in [7, 11) is 5.37. The van der Waals surface area contributed by atoms with Crippen LogP contribution in [0.3, 0.4) is 0 Å². The van der Waals surface area contributed by atoms with Crippen LogP contribution < -0.4 is 14.4 Å². The SMILES string of the molecule is C.C(=NC1CCCCC1)=NC1CCCCC1.CCC1OC(C)C(C)[C@@H](C)[C@@H]1C.CN(C)c1ccncc1.COC(=O)c1ccc(OCc2ccccc2)c(OCc2ccccc2)c1.ClCCl.OCC1OC(O)C(O)[C@@H](O)[C@@H]1O.[2H]C#C. The van der Waals surface area contributed by atoms with Crippen molar-refractivity contribution in [2.75, 3.05) is 38.1 Å². The van der Waals surface area contributed by atoms with E-state index < -0.39 is 43.3 Å². The summed E-state index contributed by atoms with van der Waals surface area (Å²) >= 11 is 9.53. The lowest BCUT2D eigenvalue weighted by Crippen LogP contribution is -2.58. The van der Waals surface area contributed by atoms with E-state index in [1.807, 2.05) is 91.8 Å². The average molecular weight is 1160 g/mol. The van der Waals surface area contributed by atoms with Crippen molar-refractivity contribution < 1.29 is 55.4 Å². The van der Waals surface area contributed by atoms with Gasteiger partial charge in [-0.1, -0.05) is 134 Å². The smallest absolute Gasteiger partial charge is 0.337 e. The molecule has 2 aliphatic heterocycles. The highest BCUT2D eigenvalue weighted by Gasteiger charge is 2.42. The third-order valence-electron chi connectivity index (χ3n) is 14.3. The Morgan fingerprint density at radius 3 is 1.65 bits per heavy atom. The Hall–Kier alpha value is -5.08. The van der Waals surface area contributed by atoms with Gasteiger partial charge in [-0.05, 0) is 98.2 Å². The molecule has 0 amide bonds. The molecule has 0 radical (unpaired) electrons. The van der Waals surface area contributed by atoms with E-state index in [1.165, 1.54) is 83.4 Å². The molecule has 3 aromatic carbocycles. The predicted molar refractivity (Wildman–Crippen MR) is 323 cm³/mol. The molecule has 0 spiro atoms. The number of carbonyl (C=O) groups is 1. The Bertz CT molecular complexity index is 2260. The van der Waals surface area contributed by atoms with E-state index in [4.69, 9.17) is 69.1 Å². The molecule has 446 valence electrons. The predicted octanol–water partition coefficient (Wildman–Crippen LogP) is 11.8. The summed E-state index contributed by atoms with van der Waals surface area (Å²) in [5.74, 6) is 2.91. The van der Waals surface area contributed by atoms with Crippen LogP contribution in [-0.2, 0) is 27.4 Å². The molecule has 4 fully saturated rings. The fourth-order valence-corrected chi connectivity index (χ4v) is 9.03. The summed E-state index contributed by atoms with van der Waals surface area (Å²) in [5.41, 5.74) is 3.69. The number of nitrogens with zero attached hydrogens (tertiary/aromatic N) is 4. The molecule has 2 saturated carbocycles. The molecular weight excluding hydrogens is 1060 g/mol. The van der Waals surface area contributed by atoms with Crippen LogP contribution in [0.15, 0.2) is 113 Å². The van der Waals surface area contributed by atoms with Crippen LogP contribution in [0.4, 0.5) is 5.69 Å². The number of carbonyl (C=O) groups excluding carboxylic acids is 1. The van der Waals surface area contributed by atoms with E-state index in [1.54, 1.807) is 30.6 Å². The van der Waals surface area contributed by atoms with Crippen LogP contribution in [0.5, 0.6) is 11.5 Å². The lowest BCUT2D eigenvalue weighted by Gasteiger charge is -2.42. The molecule has 15 nitrogen and oxygen atoms in total. The number of terminal acetylenes is 1. The van der Waals surface area contributed by atoms with Crippen molar-refractivity contribution in [1.29, 1.82) is 0 Å². The number of rotatable bonds is 12. The maximum absolute atomic E-state index is 11.8. The number of ether oxygens (including phenoxy) is 5. The van der Waals surface area contributed by atoms with Crippen LogP contribution in [0.2, 0.25) is 0 Å². The van der Waals surface area contributed by atoms with Gasteiger partial charge in [0.2, 0.25) is 0 Å². The highest BCUT2D eigenvalue weighted by atomic mass is 35.5. The summed E-state index contributed by atoms with van der Waals surface area (Å²) in [5, 5.41) is 44.9. The summed E-state index contributed by atoms with van der Waals surface area (Å²) in [6, 6.07) is 32.7. The van der Waals surface area contributed by atoms with Crippen LogP contribution in [-0.4, -0.2) is 131 Å². The van der Waals surface area contributed by atoms with Gasteiger partial charge in [-0.15, -0.1) is 36.0 Å². The number of hydrogen-bond donors (Lipinski definition) is 5. The summed E-state index contributed by atoms with van der Waals surface area (Å²) in [4.78, 5) is 26.7. The van der Waals surface area contributed by atoms with Crippen molar-refractivity contribution in [2.24, 2.45) is 27.7 Å². The molecule has 4 aromatic rings.